The number of rotatable bonds is 5. The van der Waals surface area contributed by atoms with Crippen LogP contribution in [-0.4, -0.2) is 50.1 Å². The van der Waals surface area contributed by atoms with Crippen LogP contribution in [-0.2, 0) is 9.84 Å². The first kappa shape index (κ1) is 15.2. The van der Waals surface area contributed by atoms with Gasteiger partial charge in [0.2, 0.25) is 0 Å². The van der Waals surface area contributed by atoms with Crippen LogP contribution in [0.5, 0.6) is 0 Å². The predicted octanol–water partition coefficient (Wildman–Crippen LogP) is 0.881. The van der Waals surface area contributed by atoms with Crippen molar-refractivity contribution in [2.75, 3.05) is 37.9 Å². The average molecular weight is 292 g/mol. The molecule has 0 saturated heterocycles. The fourth-order valence-corrected chi connectivity index (χ4v) is 3.28. The molecule has 6 nitrogen and oxygen atoms in total. The van der Waals surface area contributed by atoms with Gasteiger partial charge in [0.1, 0.15) is 9.90 Å². The largest absolute Gasteiger partial charge is 0.382 e. The molecular weight excluding hydrogens is 272 g/mol. The van der Waals surface area contributed by atoms with E-state index in [-0.39, 0.29) is 16.3 Å². The quantitative estimate of drug-likeness (QED) is 0.837. The molecule has 0 atom stereocenters. The number of nitrogens with one attached hydrogen (secondary N) is 1. The van der Waals surface area contributed by atoms with Gasteiger partial charge in [0, 0.05) is 18.3 Å². The van der Waals surface area contributed by atoms with E-state index >= 15 is 0 Å². The van der Waals surface area contributed by atoms with Crippen LogP contribution in [0.1, 0.15) is 13.8 Å². The molecule has 0 bridgehead atoms. The van der Waals surface area contributed by atoms with Crippen LogP contribution in [0.25, 0.3) is 0 Å². The molecule has 18 heavy (non-hydrogen) atoms. The van der Waals surface area contributed by atoms with Crippen LogP contribution < -0.4 is 11.1 Å². The van der Waals surface area contributed by atoms with Gasteiger partial charge in [-0.2, -0.15) is 4.37 Å². The van der Waals surface area contributed by atoms with Gasteiger partial charge in [-0.3, -0.25) is 0 Å². The standard InChI is InChI=1S/C10H20N4O2S2/c1-10(2,14(3)4)6-12-9-7(18(5,15)16)8(11)13-17-9/h12H,6H2,1-5H3,(H2,11,13). The van der Waals surface area contributed by atoms with Crippen molar-refractivity contribution in [3.8, 4) is 0 Å². The molecule has 1 heterocycles. The van der Waals surface area contributed by atoms with Crippen LogP contribution in [0.4, 0.5) is 10.8 Å². The van der Waals surface area contributed by atoms with E-state index in [0.29, 0.717) is 11.5 Å². The lowest BCUT2D eigenvalue weighted by atomic mass is 10.0. The molecule has 0 amide bonds. The van der Waals surface area contributed by atoms with Gasteiger partial charge in [-0.1, -0.05) is 0 Å². The fourth-order valence-electron chi connectivity index (χ4n) is 1.22. The Labute approximate surface area is 112 Å². The van der Waals surface area contributed by atoms with Crippen molar-refractivity contribution >= 4 is 32.2 Å². The predicted molar refractivity (Wildman–Crippen MR) is 75.9 cm³/mol. The Morgan fingerprint density at radius 3 is 2.44 bits per heavy atom. The third-order valence-electron chi connectivity index (χ3n) is 2.94. The minimum atomic E-state index is -3.36. The molecule has 0 unspecified atom stereocenters. The Balaban J connectivity index is 2.95. The Bertz CT molecular complexity index is 520. The zero-order valence-corrected chi connectivity index (χ0v) is 12.9. The van der Waals surface area contributed by atoms with Crippen LogP contribution >= 0.6 is 11.5 Å². The maximum Gasteiger partial charge on any atom is 0.182 e. The van der Waals surface area contributed by atoms with Crippen molar-refractivity contribution in [2.24, 2.45) is 0 Å². The highest BCUT2D eigenvalue weighted by Gasteiger charge is 2.25. The maximum atomic E-state index is 11.6. The summed E-state index contributed by atoms with van der Waals surface area (Å²) in [7, 11) is 0.583. The van der Waals surface area contributed by atoms with E-state index in [1.54, 1.807) is 0 Å². The molecule has 1 aromatic heterocycles. The van der Waals surface area contributed by atoms with Gasteiger partial charge in [-0.15, -0.1) is 0 Å². The molecular formula is C10H20N4O2S2. The number of hydrogen-bond acceptors (Lipinski definition) is 7. The minimum Gasteiger partial charge on any atom is -0.382 e. The molecule has 8 heteroatoms. The third-order valence-corrected chi connectivity index (χ3v) is 5.04. The highest BCUT2D eigenvalue weighted by molar-refractivity contribution is 7.91. The molecule has 0 aliphatic carbocycles. The maximum absolute atomic E-state index is 11.6. The van der Waals surface area contributed by atoms with Gasteiger partial charge < -0.3 is 16.0 Å². The van der Waals surface area contributed by atoms with E-state index in [0.717, 1.165) is 17.8 Å². The lowest BCUT2D eigenvalue weighted by molar-refractivity contribution is 0.210. The summed E-state index contributed by atoms with van der Waals surface area (Å²) in [5, 5.41) is 3.62. The third kappa shape index (κ3) is 3.33. The molecule has 1 aromatic rings. The number of likely N-dealkylation sites (N-methyl/N-ethyl adjacent to an activating group) is 1. The molecule has 0 aliphatic rings. The van der Waals surface area contributed by atoms with Gasteiger partial charge >= 0.3 is 0 Å². The first-order valence-electron chi connectivity index (χ1n) is 5.42. The van der Waals surface area contributed by atoms with Gasteiger partial charge in [0.05, 0.1) is 0 Å². The first-order valence-corrected chi connectivity index (χ1v) is 8.08. The molecule has 0 radical (unpaired) electrons. The summed E-state index contributed by atoms with van der Waals surface area (Å²) in [5.74, 6) is 0.0626. The van der Waals surface area contributed by atoms with Crippen LogP contribution in [0.2, 0.25) is 0 Å². The summed E-state index contributed by atoms with van der Waals surface area (Å²) in [5.41, 5.74) is 5.49. The van der Waals surface area contributed by atoms with Gasteiger partial charge in [0.25, 0.3) is 0 Å². The van der Waals surface area contributed by atoms with Crippen molar-refractivity contribution in [1.29, 1.82) is 0 Å². The Kier molecular flexibility index (Phi) is 4.24. The summed E-state index contributed by atoms with van der Waals surface area (Å²) in [6.45, 7) is 4.72. The first-order chi connectivity index (χ1) is 8.05. The Morgan fingerprint density at radius 1 is 1.44 bits per heavy atom. The summed E-state index contributed by atoms with van der Waals surface area (Å²) < 4.78 is 27.2. The second-order valence-corrected chi connectivity index (χ2v) is 7.78. The van der Waals surface area contributed by atoms with E-state index in [2.05, 4.69) is 28.4 Å². The van der Waals surface area contributed by atoms with E-state index in [4.69, 9.17) is 5.73 Å². The number of aromatic nitrogens is 1. The molecule has 3 N–H and O–H groups in total. The lowest BCUT2D eigenvalue weighted by Gasteiger charge is -2.32. The van der Waals surface area contributed by atoms with E-state index in [1.165, 1.54) is 0 Å². The Morgan fingerprint density at radius 2 is 2.00 bits per heavy atom. The van der Waals surface area contributed by atoms with E-state index in [1.807, 2.05) is 14.1 Å². The van der Waals surface area contributed by atoms with Crippen molar-refractivity contribution in [2.45, 2.75) is 24.3 Å². The molecule has 104 valence electrons. The smallest absolute Gasteiger partial charge is 0.182 e. The van der Waals surface area contributed by atoms with Crippen molar-refractivity contribution in [1.82, 2.24) is 9.27 Å². The summed E-state index contributed by atoms with van der Waals surface area (Å²) in [6.07, 6.45) is 1.13. The van der Waals surface area contributed by atoms with Crippen LogP contribution in [0.15, 0.2) is 4.90 Å². The van der Waals surface area contributed by atoms with Crippen molar-refractivity contribution in [3.63, 3.8) is 0 Å². The highest BCUT2D eigenvalue weighted by Crippen LogP contribution is 2.31. The number of nitrogen functional groups attached to an aromatic ring is 1. The number of nitrogens with zero attached hydrogens (tertiary/aromatic N) is 2. The minimum absolute atomic E-state index is 0.0626. The van der Waals surface area contributed by atoms with E-state index in [9.17, 15) is 8.42 Å². The van der Waals surface area contributed by atoms with Gasteiger partial charge in [-0.25, -0.2) is 8.42 Å². The number of anilines is 2. The molecule has 1 rings (SSSR count). The van der Waals surface area contributed by atoms with Gasteiger partial charge in [0.15, 0.2) is 15.7 Å². The SMILES string of the molecule is CN(C)C(C)(C)CNc1snc(N)c1S(C)(=O)=O. The molecule has 0 saturated carbocycles. The monoisotopic (exact) mass is 292 g/mol. The summed E-state index contributed by atoms with van der Waals surface area (Å²) in [4.78, 5) is 2.16. The Hall–Kier alpha value is -0.860. The fraction of sp³-hybridized carbons (Fsp3) is 0.700. The zero-order chi connectivity index (χ0) is 14.1. The number of sulfone groups is 1. The highest BCUT2D eigenvalue weighted by atomic mass is 32.2. The topological polar surface area (TPSA) is 88.3 Å². The molecule has 0 aliphatic heterocycles. The second-order valence-electron chi connectivity index (χ2n) is 5.06. The molecule has 0 aromatic carbocycles. The zero-order valence-electron chi connectivity index (χ0n) is 11.3. The summed E-state index contributed by atoms with van der Waals surface area (Å²) in [6, 6.07) is 0. The van der Waals surface area contributed by atoms with E-state index < -0.39 is 9.84 Å². The molecule has 0 fully saturated rings. The van der Waals surface area contributed by atoms with Crippen molar-refractivity contribution < 1.29 is 8.42 Å². The average Bonchev–Trinajstić information content (AvgIpc) is 2.56. The van der Waals surface area contributed by atoms with Crippen LogP contribution in [0, 0.1) is 0 Å². The number of nitrogens with two attached hydrogens (primary N) is 1. The normalized spacial score (nSPS) is 13.0. The van der Waals surface area contributed by atoms with Crippen LogP contribution in [0.3, 0.4) is 0 Å². The second kappa shape index (κ2) is 5.02. The van der Waals surface area contributed by atoms with Crippen molar-refractivity contribution in [3.05, 3.63) is 0 Å². The van der Waals surface area contributed by atoms with Gasteiger partial charge in [-0.05, 0) is 39.5 Å². The lowest BCUT2D eigenvalue weighted by Crippen LogP contribution is -2.44. The molecule has 0 spiro atoms. The summed E-state index contributed by atoms with van der Waals surface area (Å²) >= 11 is 1.07. The number of hydrogen-bond donors (Lipinski definition) is 2.